The fourth-order valence-corrected chi connectivity index (χ4v) is 5.03. The van der Waals surface area contributed by atoms with Gasteiger partial charge >= 0.3 is 0 Å². The van der Waals surface area contributed by atoms with Gasteiger partial charge in [-0.3, -0.25) is 14.3 Å². The molecule has 0 radical (unpaired) electrons. The van der Waals surface area contributed by atoms with Gasteiger partial charge in [-0.1, -0.05) is 24.3 Å². The minimum atomic E-state index is -0.234. The molecular formula is C28H42F2N4O4S. The van der Waals surface area contributed by atoms with Crippen molar-refractivity contribution < 1.29 is 29.6 Å². The van der Waals surface area contributed by atoms with E-state index in [1.807, 2.05) is 50.0 Å². The van der Waals surface area contributed by atoms with Crippen molar-refractivity contribution in [1.29, 1.82) is 0 Å². The molecule has 1 aromatic rings. The summed E-state index contributed by atoms with van der Waals surface area (Å²) in [4.78, 5) is 29.9. The van der Waals surface area contributed by atoms with Crippen LogP contribution < -0.4 is 10.6 Å². The Morgan fingerprint density at radius 2 is 1.87 bits per heavy atom. The standard InChI is InChI=1S/C28H37FN4O2S.FH.2H2O/c1-5-25-23(10-15-36-19-21-8-7-9-22(29)17-21)24(28(35)31-25)18-26(30-6-2)20(3)16-27(34)33-13-11-32(4)12-14-33;;;/h5,7-10,17-18,30H,6,11-16,19H2,1-4H3,(H,31,35);1H;2*1H2/b23-10-,24-18-,25-5+,26-20-;;;. The fourth-order valence-electron chi connectivity index (χ4n) is 4.21. The normalized spacial score (nSPS) is 19.2. The number of piperazine rings is 1. The molecule has 0 bridgehead atoms. The first-order chi connectivity index (χ1) is 17.3. The molecule has 3 rings (SSSR count). The zero-order valence-corrected chi connectivity index (χ0v) is 23.9. The molecule has 218 valence electrons. The van der Waals surface area contributed by atoms with Crippen LogP contribution in [0.3, 0.4) is 0 Å². The van der Waals surface area contributed by atoms with Crippen LogP contribution in [0.2, 0.25) is 0 Å². The minimum absolute atomic E-state index is 0. The molecule has 0 atom stereocenters. The SMILES string of the molecule is C/C=C1/NC(=O)C(=C\C(NCC)=C(/C)CC(=O)N2CCN(C)CC2)/C1=C/CSCc1cccc(F)c1.F.O.O. The maximum absolute atomic E-state index is 13.4. The Balaban J connectivity index is 0.00000481. The molecule has 2 saturated heterocycles. The lowest BCUT2D eigenvalue weighted by molar-refractivity contribution is -0.132. The van der Waals surface area contributed by atoms with Gasteiger partial charge in [-0.05, 0) is 57.2 Å². The Kier molecular flexibility index (Phi) is 16.2. The zero-order valence-electron chi connectivity index (χ0n) is 23.1. The number of benzene rings is 1. The van der Waals surface area contributed by atoms with E-state index < -0.39 is 0 Å². The quantitative estimate of drug-likeness (QED) is 0.350. The first-order valence-corrected chi connectivity index (χ1v) is 13.6. The molecule has 8 nitrogen and oxygen atoms in total. The highest BCUT2D eigenvalue weighted by molar-refractivity contribution is 7.98. The van der Waals surface area contributed by atoms with E-state index in [-0.39, 0.29) is 33.3 Å². The average molecular weight is 569 g/mol. The molecule has 6 N–H and O–H groups in total. The van der Waals surface area contributed by atoms with Crippen LogP contribution in [0, 0.1) is 5.82 Å². The molecule has 0 spiro atoms. The van der Waals surface area contributed by atoms with Crippen LogP contribution in [-0.2, 0) is 15.3 Å². The molecule has 2 aliphatic heterocycles. The van der Waals surface area contributed by atoms with Gasteiger partial charge in [-0.2, -0.15) is 11.8 Å². The molecule has 11 heteroatoms. The number of hydrogen-bond acceptors (Lipinski definition) is 5. The molecule has 0 aliphatic carbocycles. The predicted octanol–water partition coefficient (Wildman–Crippen LogP) is 2.50. The highest BCUT2D eigenvalue weighted by Gasteiger charge is 2.27. The lowest BCUT2D eigenvalue weighted by atomic mass is 10.0. The lowest BCUT2D eigenvalue weighted by Gasteiger charge is -2.32. The van der Waals surface area contributed by atoms with E-state index in [9.17, 15) is 14.0 Å². The van der Waals surface area contributed by atoms with E-state index in [1.165, 1.54) is 6.07 Å². The third kappa shape index (κ3) is 10.2. The summed E-state index contributed by atoms with van der Waals surface area (Å²) in [5.74, 6) is 1.09. The van der Waals surface area contributed by atoms with Crippen LogP contribution in [0.15, 0.2) is 70.6 Å². The highest BCUT2D eigenvalue weighted by atomic mass is 32.2. The Bertz CT molecular complexity index is 1100. The van der Waals surface area contributed by atoms with Gasteiger partial charge in [0, 0.05) is 67.6 Å². The van der Waals surface area contributed by atoms with Crippen molar-refractivity contribution in [3.05, 3.63) is 82.0 Å². The Labute approximate surface area is 234 Å². The van der Waals surface area contributed by atoms with Gasteiger partial charge in [0.1, 0.15) is 5.82 Å². The van der Waals surface area contributed by atoms with Crippen molar-refractivity contribution in [2.24, 2.45) is 0 Å². The van der Waals surface area contributed by atoms with Gasteiger partial charge in [-0.15, -0.1) is 0 Å². The number of carbonyl (C=O) groups excluding carboxylic acids is 2. The second-order valence-corrected chi connectivity index (χ2v) is 10.1. The number of carbonyl (C=O) groups is 2. The van der Waals surface area contributed by atoms with E-state index in [0.717, 1.165) is 54.3 Å². The van der Waals surface area contributed by atoms with Gasteiger partial charge in [0.2, 0.25) is 5.91 Å². The van der Waals surface area contributed by atoms with E-state index in [4.69, 9.17) is 0 Å². The van der Waals surface area contributed by atoms with Gasteiger partial charge in [0.05, 0.1) is 5.57 Å². The third-order valence-electron chi connectivity index (χ3n) is 6.31. The summed E-state index contributed by atoms with van der Waals surface area (Å²) in [6.45, 7) is 9.78. The van der Waals surface area contributed by atoms with Crippen LogP contribution in [0.5, 0.6) is 0 Å². The largest absolute Gasteiger partial charge is 0.412 e. The van der Waals surface area contributed by atoms with Crippen LogP contribution in [-0.4, -0.2) is 78.1 Å². The number of hydrogen-bond donors (Lipinski definition) is 2. The van der Waals surface area contributed by atoms with Crippen molar-refractivity contribution >= 4 is 23.6 Å². The molecule has 0 aromatic heterocycles. The van der Waals surface area contributed by atoms with Crippen molar-refractivity contribution in [3.63, 3.8) is 0 Å². The number of likely N-dealkylation sites (N-methyl/N-ethyl adjacent to an activating group) is 2. The first-order valence-electron chi connectivity index (χ1n) is 12.4. The summed E-state index contributed by atoms with van der Waals surface area (Å²) >= 11 is 1.66. The fraction of sp³-hybridized carbons (Fsp3) is 0.429. The maximum atomic E-state index is 13.4. The Hall–Kier alpha value is -2.99. The summed E-state index contributed by atoms with van der Waals surface area (Å²) in [7, 11) is 2.07. The van der Waals surface area contributed by atoms with E-state index in [1.54, 1.807) is 23.9 Å². The van der Waals surface area contributed by atoms with Gasteiger partial charge in [-0.25, -0.2) is 4.39 Å². The van der Waals surface area contributed by atoms with E-state index in [0.29, 0.717) is 30.0 Å². The molecule has 2 amide bonds. The number of nitrogens with zero attached hydrogens (tertiary/aromatic N) is 2. The molecule has 39 heavy (non-hydrogen) atoms. The molecule has 0 unspecified atom stereocenters. The van der Waals surface area contributed by atoms with Crippen molar-refractivity contribution in [3.8, 4) is 0 Å². The molecule has 1 aromatic carbocycles. The molecule has 2 fully saturated rings. The molecular weight excluding hydrogens is 526 g/mol. The minimum Gasteiger partial charge on any atom is -0.412 e. The number of amides is 2. The summed E-state index contributed by atoms with van der Waals surface area (Å²) in [6.07, 6.45) is 6.11. The number of allylic oxidation sites excluding steroid dienone is 3. The Morgan fingerprint density at radius 1 is 1.18 bits per heavy atom. The van der Waals surface area contributed by atoms with Crippen LogP contribution in [0.1, 0.15) is 32.8 Å². The molecule has 2 heterocycles. The third-order valence-corrected chi connectivity index (χ3v) is 7.25. The maximum Gasteiger partial charge on any atom is 0.256 e. The van der Waals surface area contributed by atoms with Crippen molar-refractivity contribution in [2.45, 2.75) is 32.9 Å². The number of thioether (sulfide) groups is 1. The second kappa shape index (κ2) is 17.6. The molecule has 0 saturated carbocycles. The second-order valence-electron chi connectivity index (χ2n) is 9.06. The van der Waals surface area contributed by atoms with Crippen molar-refractivity contribution in [2.75, 3.05) is 45.5 Å². The van der Waals surface area contributed by atoms with Crippen LogP contribution in [0.25, 0.3) is 0 Å². The predicted molar refractivity (Wildman–Crippen MR) is 155 cm³/mol. The first kappa shape index (κ1) is 36.0. The average Bonchev–Trinajstić information content (AvgIpc) is 3.16. The van der Waals surface area contributed by atoms with Crippen LogP contribution >= 0.6 is 11.8 Å². The van der Waals surface area contributed by atoms with Crippen LogP contribution in [0.4, 0.5) is 9.09 Å². The summed E-state index contributed by atoms with van der Waals surface area (Å²) in [5, 5.41) is 6.30. The van der Waals surface area contributed by atoms with Crippen molar-refractivity contribution in [1.82, 2.24) is 20.4 Å². The zero-order chi connectivity index (χ0) is 26.1. The summed E-state index contributed by atoms with van der Waals surface area (Å²) < 4.78 is 13.4. The highest BCUT2D eigenvalue weighted by Crippen LogP contribution is 2.28. The monoisotopic (exact) mass is 568 g/mol. The van der Waals surface area contributed by atoms with E-state index in [2.05, 4.69) is 22.6 Å². The van der Waals surface area contributed by atoms with Gasteiger partial charge in [0.15, 0.2) is 0 Å². The number of rotatable bonds is 9. The summed E-state index contributed by atoms with van der Waals surface area (Å²) in [5.41, 5.74) is 4.86. The molecule has 2 aliphatic rings. The van der Waals surface area contributed by atoms with E-state index >= 15 is 0 Å². The van der Waals surface area contributed by atoms with Gasteiger partial charge in [0.25, 0.3) is 5.91 Å². The van der Waals surface area contributed by atoms with Gasteiger partial charge < -0.3 is 31.4 Å². The topological polar surface area (TPSA) is 128 Å². The number of halogens is 2. The smallest absolute Gasteiger partial charge is 0.256 e. The number of nitrogens with one attached hydrogen (secondary N) is 2. The summed E-state index contributed by atoms with van der Waals surface area (Å²) in [6, 6.07) is 6.61. The Morgan fingerprint density at radius 3 is 2.49 bits per heavy atom. The lowest BCUT2D eigenvalue weighted by Crippen LogP contribution is -2.47.